The number of unbranched alkanes of at least 4 members (excludes halogenated alkanes) is 1. The van der Waals surface area contributed by atoms with Crippen LogP contribution in [0.25, 0.3) is 33.2 Å². The molecule has 334 valence electrons. The number of quaternary nitrogens is 1. The highest BCUT2D eigenvalue weighted by Crippen LogP contribution is 2.50. The van der Waals surface area contributed by atoms with Crippen molar-refractivity contribution < 1.29 is 66.6 Å². The van der Waals surface area contributed by atoms with Crippen LogP contribution in [0.5, 0.6) is 5.75 Å². The van der Waals surface area contributed by atoms with Gasteiger partial charge in [0.1, 0.15) is 24.4 Å². The fourth-order valence-electron chi connectivity index (χ4n) is 9.24. The van der Waals surface area contributed by atoms with Gasteiger partial charge in [-0.05, 0) is 119 Å². The van der Waals surface area contributed by atoms with Crippen molar-refractivity contribution in [3.05, 3.63) is 118 Å². The normalized spacial score (nSPS) is 21.1. The molecule has 16 heteroatoms. The van der Waals surface area contributed by atoms with Crippen molar-refractivity contribution in [2.24, 2.45) is 11.8 Å². The van der Waals surface area contributed by atoms with Crippen LogP contribution in [0.2, 0.25) is 0 Å². The van der Waals surface area contributed by atoms with Gasteiger partial charge in [0.05, 0.1) is 53.9 Å². The van der Waals surface area contributed by atoms with Crippen LogP contribution in [0.4, 0.5) is 52.7 Å². The third-order valence-electron chi connectivity index (χ3n) is 12.3. The van der Waals surface area contributed by atoms with Gasteiger partial charge in [-0.2, -0.15) is 52.7 Å². The second-order valence-electron chi connectivity index (χ2n) is 16.3. The number of terminal acetylenes is 1. The molecule has 0 spiro atoms. The first-order chi connectivity index (χ1) is 29.5. The zero-order valence-corrected chi connectivity index (χ0v) is 33.9. The van der Waals surface area contributed by atoms with Gasteiger partial charge in [0.25, 0.3) is 0 Å². The number of piperidine rings is 3. The molecular formula is C47H41F12N2O2+. The summed E-state index contributed by atoms with van der Waals surface area (Å²) in [5, 5.41) is 0.743. The van der Waals surface area contributed by atoms with E-state index in [0.717, 1.165) is 23.4 Å². The van der Waals surface area contributed by atoms with Crippen LogP contribution in [0.15, 0.2) is 85.1 Å². The summed E-state index contributed by atoms with van der Waals surface area (Å²) in [6.45, 7) is 3.18. The molecule has 0 amide bonds. The molecule has 0 saturated carbocycles. The van der Waals surface area contributed by atoms with E-state index >= 15 is 0 Å². The van der Waals surface area contributed by atoms with Crippen molar-refractivity contribution >= 4 is 10.9 Å². The van der Waals surface area contributed by atoms with E-state index in [0.29, 0.717) is 74.5 Å². The summed E-state index contributed by atoms with van der Waals surface area (Å²) in [7, 11) is 1.52. The number of hydrogen-bond donors (Lipinski definition) is 0. The molecule has 5 aromatic rings. The molecule has 4 nitrogen and oxygen atoms in total. The van der Waals surface area contributed by atoms with Gasteiger partial charge in [-0.3, -0.25) is 4.98 Å². The minimum Gasteiger partial charge on any atom is -0.497 e. The highest BCUT2D eigenvalue weighted by atomic mass is 19.4. The van der Waals surface area contributed by atoms with Crippen molar-refractivity contribution in [3.8, 4) is 40.3 Å². The van der Waals surface area contributed by atoms with Crippen LogP contribution in [0.1, 0.15) is 72.1 Å². The Hall–Kier alpha value is -5.27. The average molecular weight is 894 g/mol. The molecule has 0 unspecified atom stereocenters. The summed E-state index contributed by atoms with van der Waals surface area (Å²) < 4.78 is 182. The monoisotopic (exact) mass is 893 g/mol. The van der Waals surface area contributed by atoms with E-state index < -0.39 is 64.2 Å². The molecule has 0 N–H and O–H groups in total. The summed E-state index contributed by atoms with van der Waals surface area (Å²) >= 11 is 0. The van der Waals surface area contributed by atoms with E-state index in [1.807, 2.05) is 19.1 Å². The molecule has 3 saturated heterocycles. The van der Waals surface area contributed by atoms with Crippen LogP contribution in [0.3, 0.4) is 0 Å². The topological polar surface area (TPSA) is 31.4 Å². The van der Waals surface area contributed by atoms with Crippen molar-refractivity contribution in [1.29, 1.82) is 0 Å². The van der Waals surface area contributed by atoms with Gasteiger partial charge in [0.2, 0.25) is 0 Å². The van der Waals surface area contributed by atoms with E-state index in [1.165, 1.54) is 19.2 Å². The predicted octanol–water partition coefficient (Wildman–Crippen LogP) is 13.6. The Kier molecular flexibility index (Phi) is 12.4. The van der Waals surface area contributed by atoms with Crippen molar-refractivity contribution in [1.82, 2.24) is 4.98 Å². The molecule has 4 aromatic carbocycles. The van der Waals surface area contributed by atoms with Gasteiger partial charge >= 0.3 is 24.7 Å². The lowest BCUT2D eigenvalue weighted by Gasteiger charge is -2.58. The number of pyridine rings is 1. The van der Waals surface area contributed by atoms with Crippen LogP contribution < -0.4 is 4.74 Å². The lowest BCUT2D eigenvalue weighted by molar-refractivity contribution is -0.984. The minimum atomic E-state index is -5.25. The van der Waals surface area contributed by atoms with Crippen molar-refractivity contribution in [2.45, 2.75) is 76.0 Å². The number of rotatable bonds is 11. The van der Waals surface area contributed by atoms with E-state index in [4.69, 9.17) is 15.9 Å². The lowest BCUT2D eigenvalue weighted by atomic mass is 9.71. The smallest absolute Gasteiger partial charge is 0.416 e. The Morgan fingerprint density at radius 2 is 1.27 bits per heavy atom. The van der Waals surface area contributed by atoms with Crippen LogP contribution in [-0.4, -0.2) is 42.3 Å². The van der Waals surface area contributed by atoms with E-state index in [-0.39, 0.29) is 57.7 Å². The van der Waals surface area contributed by atoms with Gasteiger partial charge < -0.3 is 14.0 Å². The Labute approximate surface area is 355 Å². The standard InChI is InChI=1S/C47H41F12N2O2/c1-4-6-13-63-43(39-9-11-60-41-8-7-38(62-3)24-40(39)41)42-21-29-10-12-61(42,26-28(29)5-2)25-27-14-30(32-17-34(44(48,49)50)22-35(18-32)45(51,52)53)16-31(15-27)33-19-36(46(54,55)56)23-37(20-33)47(57,58)59/h2,7-9,11,14-20,22-24,28-29,42-43H,4,6,10,12-13,21,25-26H2,1,3H3/q+1/t28-,29-,42-,43-,61+/m0/s1. The number of hydrogen-bond acceptors (Lipinski definition) is 3. The van der Waals surface area contributed by atoms with Crippen LogP contribution >= 0.6 is 0 Å². The van der Waals surface area contributed by atoms with Gasteiger partial charge in [0.15, 0.2) is 0 Å². The first kappa shape index (κ1) is 45.7. The Morgan fingerprint density at radius 3 is 1.76 bits per heavy atom. The molecule has 2 bridgehead atoms. The SMILES string of the molecule is C#C[C@H]1C[N@+]2(Cc3cc(-c4cc(C(F)(F)F)cc(C(F)(F)F)c4)cc(-c4cc(C(F)(F)F)cc(C(F)(F)F)c4)c3)CC[C@H]1C[C@H]2[C@@H](OCCCC)c1ccnc2ccc(OC)cc12. The number of fused-ring (bicyclic) bond motifs is 4. The molecule has 8 rings (SSSR count). The van der Waals surface area contributed by atoms with Gasteiger partial charge in [-0.1, -0.05) is 19.3 Å². The molecule has 5 atom stereocenters. The number of nitrogens with zero attached hydrogens (tertiary/aromatic N) is 2. The second kappa shape index (κ2) is 17.0. The molecule has 4 heterocycles. The van der Waals surface area contributed by atoms with E-state index in [9.17, 15) is 52.7 Å². The summed E-state index contributed by atoms with van der Waals surface area (Å²) in [6, 6.07) is 12.3. The highest BCUT2D eigenvalue weighted by Gasteiger charge is 2.55. The Bertz CT molecular complexity index is 2360. The second-order valence-corrected chi connectivity index (χ2v) is 16.3. The van der Waals surface area contributed by atoms with Crippen LogP contribution in [0, 0.1) is 24.2 Å². The van der Waals surface area contributed by atoms with Gasteiger partial charge in [-0.15, -0.1) is 6.42 Å². The number of ether oxygens (including phenoxy) is 2. The minimum absolute atomic E-state index is 0.00738. The largest absolute Gasteiger partial charge is 0.497 e. The third kappa shape index (κ3) is 9.65. The Morgan fingerprint density at radius 1 is 0.730 bits per heavy atom. The predicted molar refractivity (Wildman–Crippen MR) is 212 cm³/mol. The maximum Gasteiger partial charge on any atom is 0.416 e. The summed E-state index contributed by atoms with van der Waals surface area (Å²) in [5.41, 5.74) is -6.72. The van der Waals surface area contributed by atoms with Gasteiger partial charge in [0, 0.05) is 36.6 Å². The zero-order valence-electron chi connectivity index (χ0n) is 33.9. The quantitative estimate of drug-likeness (QED) is 0.0573. The maximum atomic E-state index is 14.2. The van der Waals surface area contributed by atoms with Crippen molar-refractivity contribution in [3.63, 3.8) is 0 Å². The molecule has 3 aliphatic heterocycles. The molecule has 1 aromatic heterocycles. The average Bonchev–Trinajstić information content (AvgIpc) is 3.23. The summed E-state index contributed by atoms with van der Waals surface area (Å²) in [6.07, 6.45) is -11.2. The molecule has 63 heavy (non-hydrogen) atoms. The number of aromatic nitrogens is 1. The fraction of sp³-hybridized carbons (Fsp3) is 0.383. The zero-order chi connectivity index (χ0) is 45.7. The summed E-state index contributed by atoms with van der Waals surface area (Å²) in [4.78, 5) is 4.54. The van der Waals surface area contributed by atoms with E-state index in [1.54, 1.807) is 18.3 Å². The third-order valence-corrected chi connectivity index (χ3v) is 12.3. The number of halogens is 12. The summed E-state index contributed by atoms with van der Waals surface area (Å²) in [5.74, 6) is 3.24. The fourth-order valence-corrected chi connectivity index (χ4v) is 9.24. The molecule has 0 radical (unpaired) electrons. The molecule has 0 aliphatic carbocycles. The molecular weight excluding hydrogens is 853 g/mol. The molecule has 3 aliphatic rings. The van der Waals surface area contributed by atoms with Crippen molar-refractivity contribution in [2.75, 3.05) is 26.8 Å². The van der Waals surface area contributed by atoms with E-state index in [2.05, 4.69) is 10.9 Å². The maximum absolute atomic E-state index is 14.2. The van der Waals surface area contributed by atoms with Crippen LogP contribution in [-0.2, 0) is 36.0 Å². The molecule has 3 fully saturated rings. The lowest BCUT2D eigenvalue weighted by Crippen LogP contribution is -2.67. The first-order valence-electron chi connectivity index (χ1n) is 20.1. The first-order valence-corrected chi connectivity index (χ1v) is 20.1. The Balaban J connectivity index is 1.46. The highest BCUT2D eigenvalue weighted by molar-refractivity contribution is 5.84. The number of methoxy groups -OCH3 is 1. The van der Waals surface area contributed by atoms with Gasteiger partial charge in [-0.25, -0.2) is 0 Å². The number of benzene rings is 4. The number of alkyl halides is 12.